The van der Waals surface area contributed by atoms with E-state index in [0.717, 1.165) is 0 Å². The summed E-state index contributed by atoms with van der Waals surface area (Å²) in [4.78, 5) is 12.1. The maximum absolute atomic E-state index is 12.1. The van der Waals surface area contributed by atoms with Gasteiger partial charge in [0.1, 0.15) is 5.75 Å². The van der Waals surface area contributed by atoms with E-state index in [1.165, 1.54) is 13.2 Å². The molecule has 0 N–H and O–H groups in total. The van der Waals surface area contributed by atoms with Crippen molar-refractivity contribution in [1.82, 2.24) is 0 Å². The van der Waals surface area contributed by atoms with E-state index in [0.29, 0.717) is 39.3 Å². The molecular weight excluding hydrogens is 372 g/mol. The van der Waals surface area contributed by atoms with Crippen LogP contribution in [-0.4, -0.2) is 26.0 Å². The highest BCUT2D eigenvalue weighted by Crippen LogP contribution is 2.38. The minimum absolute atomic E-state index is 0.0468. The SMILES string of the molecule is COc1cc(/C=C/C(=O)Oc2ccc3c(c2)OCO3)cc(Cl)c1OC(C)C. The van der Waals surface area contributed by atoms with Gasteiger partial charge < -0.3 is 23.7 Å². The number of hydrogen-bond donors (Lipinski definition) is 0. The van der Waals surface area contributed by atoms with Gasteiger partial charge in [0, 0.05) is 12.1 Å². The number of rotatable bonds is 6. The average molecular weight is 391 g/mol. The van der Waals surface area contributed by atoms with Gasteiger partial charge in [-0.2, -0.15) is 0 Å². The Bertz CT molecular complexity index is 875. The molecule has 6 nitrogen and oxygen atoms in total. The van der Waals surface area contributed by atoms with E-state index in [1.54, 1.807) is 36.4 Å². The molecule has 0 amide bonds. The van der Waals surface area contributed by atoms with Crippen molar-refractivity contribution >= 4 is 23.6 Å². The highest BCUT2D eigenvalue weighted by molar-refractivity contribution is 6.32. The number of carbonyl (C=O) groups is 1. The molecule has 0 saturated carbocycles. The number of esters is 1. The molecule has 0 saturated heterocycles. The summed E-state index contributed by atoms with van der Waals surface area (Å²) in [5, 5.41) is 0.395. The Morgan fingerprint density at radius 2 is 1.96 bits per heavy atom. The Balaban J connectivity index is 1.71. The van der Waals surface area contributed by atoms with Crippen molar-refractivity contribution in [3.63, 3.8) is 0 Å². The molecule has 3 rings (SSSR count). The van der Waals surface area contributed by atoms with Crippen LogP contribution in [0.3, 0.4) is 0 Å². The molecule has 0 unspecified atom stereocenters. The summed E-state index contributed by atoms with van der Waals surface area (Å²) in [5.74, 6) is 1.95. The van der Waals surface area contributed by atoms with Gasteiger partial charge in [0.15, 0.2) is 23.0 Å². The zero-order chi connectivity index (χ0) is 19.4. The number of halogens is 1. The van der Waals surface area contributed by atoms with Crippen LogP contribution in [0, 0.1) is 0 Å². The van der Waals surface area contributed by atoms with Crippen LogP contribution in [0.5, 0.6) is 28.7 Å². The number of fused-ring (bicyclic) bond motifs is 1. The van der Waals surface area contributed by atoms with Crippen molar-refractivity contribution in [2.24, 2.45) is 0 Å². The van der Waals surface area contributed by atoms with E-state index < -0.39 is 5.97 Å². The first kappa shape index (κ1) is 18.9. The van der Waals surface area contributed by atoms with Crippen molar-refractivity contribution in [1.29, 1.82) is 0 Å². The van der Waals surface area contributed by atoms with E-state index >= 15 is 0 Å². The second kappa shape index (κ2) is 8.22. The van der Waals surface area contributed by atoms with Gasteiger partial charge in [0.05, 0.1) is 18.2 Å². The fourth-order valence-electron chi connectivity index (χ4n) is 2.44. The van der Waals surface area contributed by atoms with E-state index in [2.05, 4.69) is 0 Å². The summed E-state index contributed by atoms with van der Waals surface area (Å²) in [6.45, 7) is 3.96. The lowest BCUT2D eigenvalue weighted by Gasteiger charge is -2.15. The van der Waals surface area contributed by atoms with Gasteiger partial charge in [0.25, 0.3) is 0 Å². The fourth-order valence-corrected chi connectivity index (χ4v) is 2.70. The third-order valence-electron chi connectivity index (χ3n) is 3.58. The topological polar surface area (TPSA) is 63.2 Å². The first-order valence-electron chi connectivity index (χ1n) is 8.30. The lowest BCUT2D eigenvalue weighted by molar-refractivity contribution is -0.128. The van der Waals surface area contributed by atoms with Gasteiger partial charge in [0.2, 0.25) is 6.79 Å². The lowest BCUT2D eigenvalue weighted by atomic mass is 10.2. The molecule has 0 atom stereocenters. The van der Waals surface area contributed by atoms with E-state index in [1.807, 2.05) is 13.8 Å². The predicted octanol–water partition coefficient (Wildman–Crippen LogP) is 4.48. The molecule has 0 spiro atoms. The molecular formula is C20H19ClO6. The Hall–Kier alpha value is -2.86. The molecule has 7 heteroatoms. The zero-order valence-corrected chi connectivity index (χ0v) is 15.9. The maximum atomic E-state index is 12.1. The van der Waals surface area contributed by atoms with Crippen LogP contribution in [0.2, 0.25) is 5.02 Å². The molecule has 1 aliphatic rings. The number of ether oxygens (including phenoxy) is 5. The van der Waals surface area contributed by atoms with Gasteiger partial charge in [-0.25, -0.2) is 4.79 Å². The summed E-state index contributed by atoms with van der Waals surface area (Å²) in [6, 6.07) is 8.34. The molecule has 142 valence electrons. The zero-order valence-electron chi connectivity index (χ0n) is 15.2. The first-order chi connectivity index (χ1) is 13.0. The van der Waals surface area contributed by atoms with E-state index in [4.69, 9.17) is 35.3 Å². The standard InChI is InChI=1S/C20H19ClO6/c1-12(2)26-20-15(21)8-13(9-18(20)23-3)4-7-19(22)27-14-5-6-16-17(10-14)25-11-24-16/h4-10,12H,11H2,1-3H3/b7-4+. The molecule has 0 bridgehead atoms. The molecule has 2 aromatic carbocycles. The molecule has 0 aromatic heterocycles. The minimum Gasteiger partial charge on any atom is -0.493 e. The van der Waals surface area contributed by atoms with Gasteiger partial charge in [-0.1, -0.05) is 11.6 Å². The number of methoxy groups -OCH3 is 1. The molecule has 0 radical (unpaired) electrons. The van der Waals surface area contributed by atoms with Gasteiger partial charge in [-0.05, 0) is 49.8 Å². The monoisotopic (exact) mass is 390 g/mol. The smallest absolute Gasteiger partial charge is 0.336 e. The van der Waals surface area contributed by atoms with Crippen LogP contribution in [0.25, 0.3) is 6.08 Å². The maximum Gasteiger partial charge on any atom is 0.336 e. The second-order valence-corrected chi connectivity index (χ2v) is 6.38. The molecule has 0 fully saturated rings. The van der Waals surface area contributed by atoms with Gasteiger partial charge in [-0.15, -0.1) is 0 Å². The highest BCUT2D eigenvalue weighted by Gasteiger charge is 2.15. The Morgan fingerprint density at radius 3 is 2.70 bits per heavy atom. The Kier molecular flexibility index (Phi) is 5.76. The molecule has 1 heterocycles. The van der Waals surface area contributed by atoms with Crippen molar-refractivity contribution in [2.75, 3.05) is 13.9 Å². The number of benzene rings is 2. The Labute approximate surface area is 162 Å². The average Bonchev–Trinajstić information content (AvgIpc) is 3.09. The van der Waals surface area contributed by atoms with Crippen LogP contribution < -0.4 is 23.7 Å². The lowest BCUT2D eigenvalue weighted by Crippen LogP contribution is -2.07. The third kappa shape index (κ3) is 4.65. The molecule has 1 aliphatic heterocycles. The number of carbonyl (C=O) groups excluding carboxylic acids is 1. The normalized spacial score (nSPS) is 12.5. The third-order valence-corrected chi connectivity index (χ3v) is 3.86. The minimum atomic E-state index is -0.536. The largest absolute Gasteiger partial charge is 0.493 e. The summed E-state index contributed by atoms with van der Waals surface area (Å²) in [5.41, 5.74) is 0.676. The van der Waals surface area contributed by atoms with Gasteiger partial charge in [-0.3, -0.25) is 0 Å². The summed E-state index contributed by atoms with van der Waals surface area (Å²) < 4.78 is 26.7. The van der Waals surface area contributed by atoms with Crippen LogP contribution >= 0.6 is 11.6 Å². The second-order valence-electron chi connectivity index (χ2n) is 5.97. The van der Waals surface area contributed by atoms with Gasteiger partial charge >= 0.3 is 5.97 Å². The van der Waals surface area contributed by atoms with E-state index in [9.17, 15) is 4.79 Å². The van der Waals surface area contributed by atoms with E-state index in [-0.39, 0.29) is 12.9 Å². The summed E-state index contributed by atoms with van der Waals surface area (Å²) in [6.07, 6.45) is 2.84. The molecule has 0 aliphatic carbocycles. The first-order valence-corrected chi connectivity index (χ1v) is 8.68. The van der Waals surface area contributed by atoms with Crippen LogP contribution in [0.1, 0.15) is 19.4 Å². The van der Waals surface area contributed by atoms with Crippen molar-refractivity contribution in [3.8, 4) is 28.7 Å². The Morgan fingerprint density at radius 1 is 1.19 bits per heavy atom. The predicted molar refractivity (Wildman–Crippen MR) is 101 cm³/mol. The van der Waals surface area contributed by atoms with Crippen molar-refractivity contribution in [3.05, 3.63) is 47.0 Å². The van der Waals surface area contributed by atoms with Crippen LogP contribution in [0.15, 0.2) is 36.4 Å². The summed E-state index contributed by atoms with van der Waals surface area (Å²) >= 11 is 6.28. The molecule has 27 heavy (non-hydrogen) atoms. The quantitative estimate of drug-likeness (QED) is 0.411. The van der Waals surface area contributed by atoms with Crippen molar-refractivity contribution < 1.29 is 28.5 Å². The highest BCUT2D eigenvalue weighted by atomic mass is 35.5. The van der Waals surface area contributed by atoms with Crippen LogP contribution in [-0.2, 0) is 4.79 Å². The number of hydrogen-bond acceptors (Lipinski definition) is 6. The fraction of sp³-hybridized carbons (Fsp3) is 0.250. The van der Waals surface area contributed by atoms with Crippen LogP contribution in [0.4, 0.5) is 0 Å². The summed E-state index contributed by atoms with van der Waals surface area (Å²) in [7, 11) is 1.53. The molecule has 2 aromatic rings. The van der Waals surface area contributed by atoms with Crippen molar-refractivity contribution in [2.45, 2.75) is 20.0 Å².